The number of nitrogens with one attached hydrogen (secondary N) is 2. The van der Waals surface area contributed by atoms with Crippen molar-refractivity contribution in [2.45, 2.75) is 31.6 Å². The predicted molar refractivity (Wildman–Crippen MR) is 73.4 cm³/mol. The molecule has 1 atom stereocenters. The van der Waals surface area contributed by atoms with Crippen molar-refractivity contribution in [1.29, 1.82) is 0 Å². The first-order valence-corrected chi connectivity index (χ1v) is 7.89. The van der Waals surface area contributed by atoms with Gasteiger partial charge in [0.15, 0.2) is 9.84 Å². The fourth-order valence-corrected chi connectivity index (χ4v) is 1.59. The summed E-state index contributed by atoms with van der Waals surface area (Å²) in [5.74, 6) is -0.645. The zero-order valence-corrected chi connectivity index (χ0v) is 12.7. The molecule has 2 N–H and O–H groups in total. The van der Waals surface area contributed by atoms with Crippen LogP contribution in [0.15, 0.2) is 0 Å². The number of sulfone groups is 1. The van der Waals surface area contributed by atoms with Gasteiger partial charge in [-0.3, -0.25) is 9.59 Å². The highest BCUT2D eigenvalue weighted by atomic mass is 32.2. The number of carbonyl (C=O) groups is 2. The van der Waals surface area contributed by atoms with Gasteiger partial charge in [0.1, 0.15) is 6.04 Å². The van der Waals surface area contributed by atoms with Gasteiger partial charge in [0.05, 0.1) is 4.75 Å². The molecule has 0 aromatic carbocycles. The largest absolute Gasteiger partial charge is 0.353 e. The van der Waals surface area contributed by atoms with Crippen molar-refractivity contribution in [3.05, 3.63) is 0 Å². The van der Waals surface area contributed by atoms with Crippen molar-refractivity contribution in [2.75, 3.05) is 18.6 Å². The minimum Gasteiger partial charge on any atom is -0.353 e. The molecule has 0 aliphatic heterocycles. The fraction of sp³-hybridized carbons (Fsp3) is 0.800. The lowest BCUT2D eigenvalue weighted by Crippen LogP contribution is -2.51. The van der Waals surface area contributed by atoms with Gasteiger partial charge in [-0.05, 0) is 13.8 Å². The first-order chi connectivity index (χ1) is 8.01. The van der Waals surface area contributed by atoms with Gasteiger partial charge in [0.2, 0.25) is 11.8 Å². The van der Waals surface area contributed by atoms with Crippen LogP contribution in [-0.2, 0) is 19.4 Å². The molecule has 0 fully saturated rings. The molecule has 18 heavy (non-hydrogen) atoms. The van der Waals surface area contributed by atoms with Crippen molar-refractivity contribution in [2.24, 2.45) is 0 Å². The maximum atomic E-state index is 11.7. The molecule has 0 aliphatic carbocycles. The summed E-state index contributed by atoms with van der Waals surface area (Å²) in [5, 5.41) is 4.93. The Kier molecular flexibility index (Phi) is 6.15. The van der Waals surface area contributed by atoms with Crippen molar-refractivity contribution in [3.63, 3.8) is 0 Å². The van der Waals surface area contributed by atoms with E-state index in [4.69, 9.17) is 0 Å². The Morgan fingerprint density at radius 1 is 1.33 bits per heavy atom. The zero-order valence-electron chi connectivity index (χ0n) is 11.0. The van der Waals surface area contributed by atoms with E-state index in [1.54, 1.807) is 0 Å². The van der Waals surface area contributed by atoms with Crippen LogP contribution in [-0.4, -0.2) is 49.6 Å². The third kappa shape index (κ3) is 5.26. The summed E-state index contributed by atoms with van der Waals surface area (Å²) < 4.78 is 21.8. The van der Waals surface area contributed by atoms with Gasteiger partial charge >= 0.3 is 0 Å². The van der Waals surface area contributed by atoms with Gasteiger partial charge in [-0.15, -0.1) is 0 Å². The standard InChI is InChI=1S/C10H20N2O4S2/c1-7(13)12-8(5-17)9(14)11-6-10(2,3)18(4,15)16/h8,17H,5-6H2,1-4H3,(H,11,14)(H,12,13). The van der Waals surface area contributed by atoms with Crippen LogP contribution >= 0.6 is 12.6 Å². The van der Waals surface area contributed by atoms with Crippen LogP contribution in [0, 0.1) is 0 Å². The summed E-state index contributed by atoms with van der Waals surface area (Å²) >= 11 is 3.96. The summed E-state index contributed by atoms with van der Waals surface area (Å²) in [4.78, 5) is 22.6. The van der Waals surface area contributed by atoms with Gasteiger partial charge in [-0.2, -0.15) is 12.6 Å². The number of thiol groups is 1. The van der Waals surface area contributed by atoms with Crippen LogP contribution in [0.1, 0.15) is 20.8 Å². The number of amides is 2. The zero-order chi connectivity index (χ0) is 14.6. The predicted octanol–water partition coefficient (Wildman–Crippen LogP) is -0.640. The molecule has 0 saturated carbocycles. The van der Waals surface area contributed by atoms with Crippen LogP contribution in [0.4, 0.5) is 0 Å². The van der Waals surface area contributed by atoms with E-state index in [1.165, 1.54) is 20.8 Å². The fourth-order valence-electron chi connectivity index (χ4n) is 0.994. The molecule has 0 aromatic heterocycles. The molecule has 8 heteroatoms. The maximum absolute atomic E-state index is 11.7. The quantitative estimate of drug-likeness (QED) is 0.569. The SMILES string of the molecule is CC(=O)NC(CS)C(=O)NCC(C)(C)S(C)(=O)=O. The highest BCUT2D eigenvalue weighted by molar-refractivity contribution is 7.92. The Bertz CT molecular complexity index is 418. The average Bonchev–Trinajstić information content (AvgIpc) is 2.20. The second-order valence-electron chi connectivity index (χ2n) is 4.69. The lowest BCUT2D eigenvalue weighted by Gasteiger charge is -2.24. The molecule has 0 bridgehead atoms. The lowest BCUT2D eigenvalue weighted by atomic mass is 10.2. The summed E-state index contributed by atoms with van der Waals surface area (Å²) in [6, 6.07) is -0.763. The van der Waals surface area contributed by atoms with Gasteiger partial charge < -0.3 is 10.6 Å². The maximum Gasteiger partial charge on any atom is 0.243 e. The molecule has 0 heterocycles. The first kappa shape index (κ1) is 17.2. The topological polar surface area (TPSA) is 92.3 Å². The minimum absolute atomic E-state index is 0.0193. The smallest absolute Gasteiger partial charge is 0.243 e. The summed E-state index contributed by atoms with van der Waals surface area (Å²) in [6.45, 7) is 4.33. The van der Waals surface area contributed by atoms with Crippen LogP contribution in [0.25, 0.3) is 0 Å². The minimum atomic E-state index is -3.27. The van der Waals surface area contributed by atoms with Crippen molar-refractivity contribution in [3.8, 4) is 0 Å². The van der Waals surface area contributed by atoms with Gasteiger partial charge in [0.25, 0.3) is 0 Å². The number of hydrogen-bond acceptors (Lipinski definition) is 5. The van der Waals surface area contributed by atoms with E-state index in [2.05, 4.69) is 23.3 Å². The highest BCUT2D eigenvalue weighted by Gasteiger charge is 2.31. The molecular formula is C10H20N2O4S2. The Morgan fingerprint density at radius 2 is 1.83 bits per heavy atom. The first-order valence-electron chi connectivity index (χ1n) is 5.36. The third-order valence-corrected chi connectivity index (χ3v) is 5.09. The molecule has 0 spiro atoms. The van der Waals surface area contributed by atoms with E-state index >= 15 is 0 Å². The summed E-state index contributed by atoms with van der Waals surface area (Å²) in [7, 11) is -3.27. The summed E-state index contributed by atoms with van der Waals surface area (Å²) in [6.07, 6.45) is 1.11. The van der Waals surface area contributed by atoms with Crippen LogP contribution in [0.3, 0.4) is 0 Å². The van der Waals surface area contributed by atoms with E-state index in [1.807, 2.05) is 0 Å². The Hall–Kier alpha value is -0.760. The molecule has 0 rings (SSSR count). The highest BCUT2D eigenvalue weighted by Crippen LogP contribution is 2.13. The average molecular weight is 296 g/mol. The second-order valence-corrected chi connectivity index (χ2v) is 7.70. The normalized spacial score (nSPS) is 13.8. The van der Waals surface area contributed by atoms with E-state index in [0.717, 1.165) is 6.26 Å². The Balaban J connectivity index is 4.54. The monoisotopic (exact) mass is 296 g/mol. The van der Waals surface area contributed by atoms with Crippen LogP contribution in [0.5, 0.6) is 0 Å². The number of carbonyl (C=O) groups excluding carboxylic acids is 2. The van der Waals surface area contributed by atoms with Crippen LogP contribution < -0.4 is 10.6 Å². The summed E-state index contributed by atoms with van der Waals surface area (Å²) in [5.41, 5.74) is 0. The Labute approximate surface area is 113 Å². The Morgan fingerprint density at radius 3 is 2.17 bits per heavy atom. The van der Waals surface area contributed by atoms with Gasteiger partial charge in [-0.25, -0.2) is 8.42 Å². The van der Waals surface area contributed by atoms with E-state index in [-0.39, 0.29) is 18.2 Å². The molecule has 0 aliphatic rings. The molecule has 1 unspecified atom stereocenters. The molecule has 6 nitrogen and oxygen atoms in total. The second kappa shape index (κ2) is 6.42. The molecule has 0 aromatic rings. The third-order valence-electron chi connectivity index (χ3n) is 2.57. The molecule has 0 radical (unpaired) electrons. The molecule has 0 saturated heterocycles. The molecular weight excluding hydrogens is 276 g/mol. The van der Waals surface area contributed by atoms with Gasteiger partial charge in [-0.1, -0.05) is 0 Å². The van der Waals surface area contributed by atoms with Gasteiger partial charge in [0, 0.05) is 25.5 Å². The van der Waals surface area contributed by atoms with E-state index < -0.39 is 26.5 Å². The molecule has 2 amide bonds. The van der Waals surface area contributed by atoms with Crippen molar-refractivity contribution >= 4 is 34.3 Å². The van der Waals surface area contributed by atoms with E-state index in [0.29, 0.717) is 0 Å². The van der Waals surface area contributed by atoms with Crippen molar-refractivity contribution < 1.29 is 18.0 Å². The molecule has 106 valence electrons. The van der Waals surface area contributed by atoms with E-state index in [9.17, 15) is 18.0 Å². The lowest BCUT2D eigenvalue weighted by molar-refractivity contribution is -0.127. The number of rotatable bonds is 6. The van der Waals surface area contributed by atoms with Crippen LogP contribution in [0.2, 0.25) is 0 Å². The number of hydrogen-bond donors (Lipinski definition) is 3. The van der Waals surface area contributed by atoms with Crippen molar-refractivity contribution in [1.82, 2.24) is 10.6 Å².